The first-order valence-electron chi connectivity index (χ1n) is 6.18. The van der Waals surface area contributed by atoms with Crippen LogP contribution in [0.5, 0.6) is 5.75 Å². The second-order valence-electron chi connectivity index (χ2n) is 4.44. The van der Waals surface area contributed by atoms with Crippen LogP contribution in [0.15, 0.2) is 36.7 Å². The number of imidazole rings is 1. The zero-order valence-corrected chi connectivity index (χ0v) is 11.2. The van der Waals surface area contributed by atoms with Gasteiger partial charge in [-0.3, -0.25) is 9.20 Å². The number of benzene rings is 1. The smallest absolute Gasteiger partial charge is 0.234 e. The largest absolute Gasteiger partial charge is 0.496 e. The van der Waals surface area contributed by atoms with E-state index in [0.717, 1.165) is 23.2 Å². The molecular formula is C15H13N3O2. The summed E-state index contributed by atoms with van der Waals surface area (Å²) in [4.78, 5) is 20.0. The summed E-state index contributed by atoms with van der Waals surface area (Å²) in [5.74, 6) is 1.32. The first kappa shape index (κ1) is 12.3. The lowest BCUT2D eigenvalue weighted by Crippen LogP contribution is -1.93. The normalized spacial score (nSPS) is 10.7. The Labute approximate surface area is 115 Å². The number of ether oxygens (including phenoxy) is 1. The van der Waals surface area contributed by atoms with Crippen LogP contribution in [0.1, 0.15) is 16.1 Å². The van der Waals surface area contributed by atoms with Gasteiger partial charge in [-0.25, -0.2) is 9.97 Å². The Hall–Kier alpha value is -2.69. The molecule has 100 valence electrons. The summed E-state index contributed by atoms with van der Waals surface area (Å²) < 4.78 is 6.93. The average molecular weight is 267 g/mol. The van der Waals surface area contributed by atoms with Crippen molar-refractivity contribution in [2.45, 2.75) is 6.92 Å². The summed E-state index contributed by atoms with van der Waals surface area (Å²) in [7, 11) is 1.63. The van der Waals surface area contributed by atoms with E-state index in [9.17, 15) is 4.79 Å². The topological polar surface area (TPSA) is 56.5 Å². The van der Waals surface area contributed by atoms with Gasteiger partial charge in [0.2, 0.25) is 5.78 Å². The minimum atomic E-state index is 0.498. The number of rotatable bonds is 3. The van der Waals surface area contributed by atoms with Crippen LogP contribution in [0.2, 0.25) is 0 Å². The predicted molar refractivity (Wildman–Crippen MR) is 75.1 cm³/mol. The third kappa shape index (κ3) is 1.84. The van der Waals surface area contributed by atoms with E-state index in [4.69, 9.17) is 4.74 Å². The molecule has 0 radical (unpaired) electrons. The molecule has 5 nitrogen and oxygen atoms in total. The molecule has 3 aromatic rings. The highest BCUT2D eigenvalue weighted by molar-refractivity contribution is 5.86. The van der Waals surface area contributed by atoms with E-state index in [-0.39, 0.29) is 0 Å². The summed E-state index contributed by atoms with van der Waals surface area (Å²) in [5, 5.41) is 0. The maximum absolute atomic E-state index is 11.4. The summed E-state index contributed by atoms with van der Waals surface area (Å²) >= 11 is 0. The number of hydrogen-bond acceptors (Lipinski definition) is 4. The Bertz CT molecular complexity index is 793. The number of nitrogens with zero attached hydrogens (tertiary/aromatic N) is 3. The van der Waals surface area contributed by atoms with Gasteiger partial charge in [0.15, 0.2) is 6.29 Å². The number of aldehydes is 1. The highest BCUT2D eigenvalue weighted by Gasteiger charge is 2.14. The molecule has 0 spiro atoms. The van der Waals surface area contributed by atoms with Crippen LogP contribution in [0, 0.1) is 6.92 Å². The van der Waals surface area contributed by atoms with E-state index < -0.39 is 0 Å². The number of methoxy groups -OCH3 is 1. The third-order valence-corrected chi connectivity index (χ3v) is 3.22. The zero-order chi connectivity index (χ0) is 14.1. The van der Waals surface area contributed by atoms with Crippen LogP contribution in [0.25, 0.3) is 17.0 Å². The molecule has 0 fully saturated rings. The first-order valence-corrected chi connectivity index (χ1v) is 6.18. The van der Waals surface area contributed by atoms with Crippen molar-refractivity contribution in [2.24, 2.45) is 0 Å². The lowest BCUT2D eigenvalue weighted by atomic mass is 10.1. The molecule has 0 atom stereocenters. The van der Waals surface area contributed by atoms with Gasteiger partial charge in [0, 0.05) is 18.0 Å². The van der Waals surface area contributed by atoms with Crippen molar-refractivity contribution in [1.82, 2.24) is 14.4 Å². The van der Waals surface area contributed by atoms with Crippen molar-refractivity contribution in [3.63, 3.8) is 0 Å². The molecule has 0 saturated carbocycles. The van der Waals surface area contributed by atoms with E-state index in [1.165, 1.54) is 0 Å². The molecule has 3 rings (SSSR count). The molecule has 5 heteroatoms. The minimum absolute atomic E-state index is 0.498. The van der Waals surface area contributed by atoms with Gasteiger partial charge in [0.1, 0.15) is 17.1 Å². The van der Waals surface area contributed by atoms with Gasteiger partial charge < -0.3 is 4.74 Å². The lowest BCUT2D eigenvalue weighted by Gasteiger charge is -2.06. The molecule has 0 bridgehead atoms. The second kappa shape index (κ2) is 4.77. The van der Waals surface area contributed by atoms with Gasteiger partial charge in [-0.05, 0) is 36.8 Å². The Morgan fingerprint density at radius 1 is 1.35 bits per heavy atom. The van der Waals surface area contributed by atoms with Gasteiger partial charge in [0.05, 0.1) is 7.11 Å². The molecule has 2 aromatic heterocycles. The van der Waals surface area contributed by atoms with E-state index in [1.54, 1.807) is 30.0 Å². The van der Waals surface area contributed by atoms with Gasteiger partial charge in [-0.1, -0.05) is 0 Å². The van der Waals surface area contributed by atoms with Gasteiger partial charge >= 0.3 is 0 Å². The van der Waals surface area contributed by atoms with Gasteiger partial charge in [-0.2, -0.15) is 0 Å². The number of carbonyl (C=O) groups is 1. The average Bonchev–Trinajstić information content (AvgIpc) is 2.85. The van der Waals surface area contributed by atoms with Crippen molar-refractivity contribution < 1.29 is 9.53 Å². The highest BCUT2D eigenvalue weighted by Crippen LogP contribution is 2.27. The maximum Gasteiger partial charge on any atom is 0.234 e. The number of aromatic nitrogens is 3. The lowest BCUT2D eigenvalue weighted by molar-refractivity contribution is 0.111. The van der Waals surface area contributed by atoms with Crippen LogP contribution in [-0.2, 0) is 0 Å². The van der Waals surface area contributed by atoms with Crippen molar-refractivity contribution in [3.8, 4) is 17.0 Å². The Morgan fingerprint density at radius 2 is 2.20 bits per heavy atom. The summed E-state index contributed by atoms with van der Waals surface area (Å²) in [5.41, 5.74) is 2.99. The quantitative estimate of drug-likeness (QED) is 0.684. The monoisotopic (exact) mass is 267 g/mol. The van der Waals surface area contributed by atoms with Crippen molar-refractivity contribution in [1.29, 1.82) is 0 Å². The van der Waals surface area contributed by atoms with E-state index in [0.29, 0.717) is 17.2 Å². The Kier molecular flexibility index (Phi) is 2.95. The SMILES string of the molecule is COc1ccc(-c2nc3ncccn3c2C=O)cc1C. The van der Waals surface area contributed by atoms with Crippen molar-refractivity contribution in [2.75, 3.05) is 7.11 Å². The Morgan fingerprint density at radius 3 is 2.90 bits per heavy atom. The van der Waals surface area contributed by atoms with Crippen LogP contribution in [0.4, 0.5) is 0 Å². The zero-order valence-electron chi connectivity index (χ0n) is 11.2. The van der Waals surface area contributed by atoms with Crippen LogP contribution in [0.3, 0.4) is 0 Å². The fraction of sp³-hybridized carbons (Fsp3) is 0.133. The minimum Gasteiger partial charge on any atom is -0.496 e. The molecule has 0 amide bonds. The summed E-state index contributed by atoms with van der Waals surface area (Å²) in [6.45, 7) is 1.96. The highest BCUT2D eigenvalue weighted by atomic mass is 16.5. The number of aryl methyl sites for hydroxylation is 1. The number of hydrogen-bond donors (Lipinski definition) is 0. The molecule has 2 heterocycles. The molecule has 0 saturated heterocycles. The van der Waals surface area contributed by atoms with Crippen LogP contribution < -0.4 is 4.74 Å². The molecule has 1 aromatic carbocycles. The summed E-state index contributed by atoms with van der Waals surface area (Å²) in [6, 6.07) is 7.48. The molecule has 0 aliphatic heterocycles. The molecule has 0 unspecified atom stereocenters. The fourth-order valence-corrected chi connectivity index (χ4v) is 2.26. The van der Waals surface area contributed by atoms with Crippen molar-refractivity contribution in [3.05, 3.63) is 47.9 Å². The fourth-order valence-electron chi connectivity index (χ4n) is 2.26. The predicted octanol–water partition coefficient (Wildman–Crippen LogP) is 2.53. The van der Waals surface area contributed by atoms with E-state index in [1.807, 2.05) is 25.1 Å². The van der Waals surface area contributed by atoms with Gasteiger partial charge in [0.25, 0.3) is 0 Å². The molecule has 0 aliphatic rings. The standard InChI is InChI=1S/C15H13N3O2/c1-10-8-11(4-5-13(10)20-2)14-12(9-19)18-7-3-6-16-15(18)17-14/h3-9H,1-2H3. The van der Waals surface area contributed by atoms with Crippen LogP contribution in [-0.4, -0.2) is 27.8 Å². The molecular weight excluding hydrogens is 254 g/mol. The van der Waals surface area contributed by atoms with E-state index >= 15 is 0 Å². The molecule has 0 N–H and O–H groups in total. The maximum atomic E-state index is 11.4. The molecule has 0 aliphatic carbocycles. The van der Waals surface area contributed by atoms with Crippen molar-refractivity contribution >= 4 is 12.1 Å². The summed E-state index contributed by atoms with van der Waals surface area (Å²) in [6.07, 6.45) is 4.23. The Balaban J connectivity index is 2.23. The van der Waals surface area contributed by atoms with Gasteiger partial charge in [-0.15, -0.1) is 0 Å². The van der Waals surface area contributed by atoms with E-state index in [2.05, 4.69) is 9.97 Å². The second-order valence-corrected chi connectivity index (χ2v) is 4.44. The third-order valence-electron chi connectivity index (χ3n) is 3.22. The molecule has 20 heavy (non-hydrogen) atoms. The number of fused-ring (bicyclic) bond motifs is 1. The van der Waals surface area contributed by atoms with Crippen LogP contribution >= 0.6 is 0 Å². The first-order chi connectivity index (χ1) is 9.74. The number of carbonyl (C=O) groups excluding carboxylic acids is 1.